The molecule has 1 rings (SSSR count). The van der Waals surface area contributed by atoms with E-state index in [4.69, 9.17) is 9.31 Å². The number of hydrogen-bond acceptors (Lipinski definition) is 2. The molecule has 1 fully saturated rings. The summed E-state index contributed by atoms with van der Waals surface area (Å²) >= 11 is 0. The molecule has 1 aliphatic rings. The van der Waals surface area contributed by atoms with Gasteiger partial charge in [0.1, 0.15) is 0 Å². The SMILES string of the molecule is CC.CCC/C=C/B1OC(C)C(C)(C)O1. The van der Waals surface area contributed by atoms with Crippen molar-refractivity contribution in [3.8, 4) is 0 Å². The molecule has 0 bridgehead atoms. The number of hydrogen-bond donors (Lipinski definition) is 0. The molecule has 2 nitrogen and oxygen atoms in total. The van der Waals surface area contributed by atoms with E-state index < -0.39 is 0 Å². The van der Waals surface area contributed by atoms with Gasteiger partial charge in [-0.3, -0.25) is 0 Å². The van der Waals surface area contributed by atoms with Gasteiger partial charge in [0.25, 0.3) is 0 Å². The minimum atomic E-state index is -0.152. The lowest BCUT2D eigenvalue weighted by Gasteiger charge is -2.21. The van der Waals surface area contributed by atoms with Crippen LogP contribution in [0, 0.1) is 0 Å². The number of allylic oxidation sites excluding steroid dienone is 1. The van der Waals surface area contributed by atoms with Crippen LogP contribution in [0.2, 0.25) is 0 Å². The first-order chi connectivity index (χ1) is 7.06. The minimum Gasteiger partial charge on any atom is -0.402 e. The van der Waals surface area contributed by atoms with E-state index in [0.29, 0.717) is 0 Å². The second-order valence-corrected chi connectivity index (χ2v) is 4.08. The third-order valence-corrected chi connectivity index (χ3v) is 2.49. The first kappa shape index (κ1) is 14.7. The highest BCUT2D eigenvalue weighted by atomic mass is 16.7. The molecule has 3 heteroatoms. The molecule has 0 amide bonds. The van der Waals surface area contributed by atoms with Crippen LogP contribution in [0.15, 0.2) is 12.1 Å². The molecule has 0 radical (unpaired) electrons. The Morgan fingerprint density at radius 3 is 2.33 bits per heavy atom. The van der Waals surface area contributed by atoms with Crippen LogP contribution in [0.1, 0.15) is 54.4 Å². The van der Waals surface area contributed by atoms with Crippen molar-refractivity contribution in [1.29, 1.82) is 0 Å². The summed E-state index contributed by atoms with van der Waals surface area (Å²) in [7, 11) is -0.142. The quantitative estimate of drug-likeness (QED) is 0.665. The van der Waals surface area contributed by atoms with Gasteiger partial charge in [0.15, 0.2) is 0 Å². The summed E-state index contributed by atoms with van der Waals surface area (Å²) in [5, 5.41) is 0. The number of rotatable bonds is 3. The van der Waals surface area contributed by atoms with Crippen LogP contribution in [0.25, 0.3) is 0 Å². The molecule has 0 saturated carbocycles. The predicted molar refractivity (Wildman–Crippen MR) is 66.9 cm³/mol. The monoisotopic (exact) mass is 212 g/mol. The van der Waals surface area contributed by atoms with E-state index in [-0.39, 0.29) is 18.8 Å². The Morgan fingerprint density at radius 2 is 1.93 bits per heavy atom. The molecule has 0 aromatic carbocycles. The Morgan fingerprint density at radius 1 is 1.33 bits per heavy atom. The Labute approximate surface area is 95.2 Å². The summed E-state index contributed by atoms with van der Waals surface area (Å²) < 4.78 is 11.3. The maximum atomic E-state index is 5.70. The van der Waals surface area contributed by atoms with Crippen LogP contribution in [0.5, 0.6) is 0 Å². The van der Waals surface area contributed by atoms with Crippen molar-refractivity contribution in [3.05, 3.63) is 12.1 Å². The van der Waals surface area contributed by atoms with Gasteiger partial charge in [-0.25, -0.2) is 0 Å². The summed E-state index contributed by atoms with van der Waals surface area (Å²) in [5.41, 5.74) is -0.152. The molecular formula is C12H25BO2. The fourth-order valence-corrected chi connectivity index (χ4v) is 1.25. The molecular weight excluding hydrogens is 187 g/mol. The van der Waals surface area contributed by atoms with Crippen LogP contribution in [-0.2, 0) is 9.31 Å². The van der Waals surface area contributed by atoms with Crippen molar-refractivity contribution < 1.29 is 9.31 Å². The summed E-state index contributed by atoms with van der Waals surface area (Å²) in [6.07, 6.45) is 4.56. The Kier molecular flexibility index (Phi) is 6.94. The molecule has 1 heterocycles. The fraction of sp³-hybridized carbons (Fsp3) is 0.833. The molecule has 1 atom stereocenters. The van der Waals surface area contributed by atoms with Gasteiger partial charge in [-0.2, -0.15) is 0 Å². The third-order valence-electron chi connectivity index (χ3n) is 2.49. The van der Waals surface area contributed by atoms with Crippen molar-refractivity contribution in [2.45, 2.75) is 66.1 Å². The average molecular weight is 212 g/mol. The van der Waals surface area contributed by atoms with E-state index in [2.05, 4.69) is 26.8 Å². The van der Waals surface area contributed by atoms with Gasteiger partial charge < -0.3 is 9.31 Å². The van der Waals surface area contributed by atoms with Crippen molar-refractivity contribution in [1.82, 2.24) is 0 Å². The molecule has 0 aromatic rings. The fourth-order valence-electron chi connectivity index (χ4n) is 1.25. The summed E-state index contributed by atoms with van der Waals surface area (Å²) in [6, 6.07) is 0. The molecule has 0 aliphatic carbocycles. The van der Waals surface area contributed by atoms with Gasteiger partial charge in [0.05, 0.1) is 11.7 Å². The largest absolute Gasteiger partial charge is 0.486 e. The van der Waals surface area contributed by atoms with Crippen molar-refractivity contribution in [2.75, 3.05) is 0 Å². The third kappa shape index (κ3) is 4.85. The molecule has 0 aromatic heterocycles. The number of unbranched alkanes of at least 4 members (excludes halogenated alkanes) is 1. The maximum Gasteiger partial charge on any atom is 0.486 e. The zero-order valence-electron chi connectivity index (χ0n) is 11.0. The molecule has 15 heavy (non-hydrogen) atoms. The lowest BCUT2D eigenvalue weighted by Crippen LogP contribution is -2.30. The van der Waals surface area contributed by atoms with Crippen molar-refractivity contribution in [2.24, 2.45) is 0 Å². The van der Waals surface area contributed by atoms with Crippen LogP contribution >= 0.6 is 0 Å². The zero-order valence-corrected chi connectivity index (χ0v) is 11.0. The predicted octanol–water partition coefficient (Wildman–Crippen LogP) is 3.61. The normalized spacial score (nSPS) is 24.1. The van der Waals surface area contributed by atoms with E-state index in [1.165, 1.54) is 6.42 Å². The highest BCUT2D eigenvalue weighted by Crippen LogP contribution is 2.27. The van der Waals surface area contributed by atoms with Crippen LogP contribution in [-0.4, -0.2) is 18.8 Å². The van der Waals surface area contributed by atoms with Crippen LogP contribution in [0.4, 0.5) is 0 Å². The van der Waals surface area contributed by atoms with Gasteiger partial charge >= 0.3 is 7.12 Å². The van der Waals surface area contributed by atoms with Crippen molar-refractivity contribution >= 4 is 7.12 Å². The standard InChI is InChI=1S/C10H19BO2.C2H6/c1-5-6-7-8-11-12-9(2)10(3,4)13-11;1-2/h7-9H,5-6H2,1-4H3;1-2H3/b8-7+;. The van der Waals surface area contributed by atoms with Gasteiger partial charge in [0, 0.05) is 0 Å². The van der Waals surface area contributed by atoms with E-state index in [1.807, 2.05) is 26.7 Å². The zero-order chi connectivity index (χ0) is 11.9. The second-order valence-electron chi connectivity index (χ2n) is 4.08. The van der Waals surface area contributed by atoms with Crippen LogP contribution < -0.4 is 0 Å². The second kappa shape index (κ2) is 7.07. The van der Waals surface area contributed by atoms with Gasteiger partial charge in [0.2, 0.25) is 0 Å². The lowest BCUT2D eigenvalue weighted by atomic mass is 9.89. The summed E-state index contributed by atoms with van der Waals surface area (Å²) in [5.74, 6) is 2.01. The van der Waals surface area contributed by atoms with Gasteiger partial charge in [-0.15, -0.1) is 0 Å². The molecule has 1 unspecified atom stereocenters. The van der Waals surface area contributed by atoms with E-state index in [0.717, 1.165) is 6.42 Å². The summed E-state index contributed by atoms with van der Waals surface area (Å²) in [4.78, 5) is 0. The topological polar surface area (TPSA) is 18.5 Å². The molecule has 0 spiro atoms. The van der Waals surface area contributed by atoms with E-state index in [9.17, 15) is 0 Å². The molecule has 1 aliphatic heterocycles. The Bertz CT molecular complexity index is 190. The van der Waals surface area contributed by atoms with Crippen molar-refractivity contribution in [3.63, 3.8) is 0 Å². The molecule has 1 saturated heterocycles. The van der Waals surface area contributed by atoms with E-state index in [1.54, 1.807) is 0 Å². The first-order valence-corrected chi connectivity index (χ1v) is 6.06. The Hall–Kier alpha value is -0.275. The molecule has 88 valence electrons. The summed E-state index contributed by atoms with van der Waals surface area (Å²) in [6.45, 7) is 12.3. The van der Waals surface area contributed by atoms with Gasteiger partial charge in [-0.05, 0) is 27.2 Å². The van der Waals surface area contributed by atoms with Gasteiger partial charge in [-0.1, -0.05) is 39.2 Å². The first-order valence-electron chi connectivity index (χ1n) is 6.06. The smallest absolute Gasteiger partial charge is 0.402 e. The van der Waals surface area contributed by atoms with Crippen LogP contribution in [0.3, 0.4) is 0 Å². The van der Waals surface area contributed by atoms with E-state index >= 15 is 0 Å². The Balaban J connectivity index is 0.000000921. The minimum absolute atomic E-state index is 0.142. The highest BCUT2D eigenvalue weighted by Gasteiger charge is 2.41. The lowest BCUT2D eigenvalue weighted by molar-refractivity contribution is 0.0842. The average Bonchev–Trinajstić information content (AvgIpc) is 2.44. The maximum absolute atomic E-state index is 5.70. The highest BCUT2D eigenvalue weighted by molar-refractivity contribution is 6.51. The molecule has 0 N–H and O–H groups in total.